The molecule has 0 aliphatic rings. The van der Waals surface area contributed by atoms with Crippen molar-refractivity contribution in [3.63, 3.8) is 0 Å². The van der Waals surface area contributed by atoms with E-state index in [1.165, 1.54) is 5.56 Å². The van der Waals surface area contributed by atoms with Crippen molar-refractivity contribution < 1.29 is 4.79 Å². The lowest BCUT2D eigenvalue weighted by Gasteiger charge is -2.23. The fourth-order valence-electron chi connectivity index (χ4n) is 2.04. The fourth-order valence-corrected chi connectivity index (χ4v) is 2.04. The number of amides is 1. The largest absolute Gasteiger partial charge is 0.351 e. The van der Waals surface area contributed by atoms with Crippen molar-refractivity contribution in [3.8, 4) is 0 Å². The lowest BCUT2D eigenvalue weighted by molar-refractivity contribution is -0.122. The number of nitrogens with one attached hydrogen (secondary N) is 1. The molecular formula is C17H29ClN2O. The van der Waals surface area contributed by atoms with Crippen molar-refractivity contribution in [2.24, 2.45) is 5.73 Å². The summed E-state index contributed by atoms with van der Waals surface area (Å²) in [6, 6.07) is 8.07. The summed E-state index contributed by atoms with van der Waals surface area (Å²) in [5.41, 5.74) is 8.42. The molecule has 0 aromatic heterocycles. The Morgan fingerprint density at radius 1 is 1.24 bits per heavy atom. The molecule has 3 nitrogen and oxygen atoms in total. The van der Waals surface area contributed by atoms with Crippen LogP contribution in [0.4, 0.5) is 0 Å². The zero-order valence-corrected chi connectivity index (χ0v) is 14.4. The second-order valence-corrected chi connectivity index (χ2v) is 6.05. The van der Waals surface area contributed by atoms with Crippen molar-refractivity contribution in [3.05, 3.63) is 35.4 Å². The molecule has 1 aromatic carbocycles. The molecule has 1 rings (SSSR count). The first-order valence-electron chi connectivity index (χ1n) is 7.53. The van der Waals surface area contributed by atoms with Gasteiger partial charge in [0.2, 0.25) is 5.91 Å². The maximum atomic E-state index is 11.7. The Morgan fingerprint density at radius 3 is 2.29 bits per heavy atom. The minimum atomic E-state index is -0.390. The van der Waals surface area contributed by atoms with E-state index < -0.39 is 6.04 Å². The zero-order chi connectivity index (χ0) is 15.2. The third kappa shape index (κ3) is 6.06. The molecule has 0 heterocycles. The molecule has 4 heteroatoms. The third-order valence-corrected chi connectivity index (χ3v) is 4.02. The summed E-state index contributed by atoms with van der Waals surface area (Å²) in [6.07, 6.45) is 2.76. The summed E-state index contributed by atoms with van der Waals surface area (Å²) >= 11 is 0. The summed E-state index contributed by atoms with van der Waals surface area (Å²) < 4.78 is 0. The number of halogens is 1. The van der Waals surface area contributed by atoms with Crippen LogP contribution in [0.15, 0.2) is 24.3 Å². The summed E-state index contributed by atoms with van der Waals surface area (Å²) in [5.74, 6) is -0.0650. The average molecular weight is 313 g/mol. The van der Waals surface area contributed by atoms with E-state index in [4.69, 9.17) is 5.73 Å². The SMILES string of the molecule is CCCC(N)C(=O)NCc1ccc(C(C)(C)CC)cc1.Cl. The molecule has 0 spiro atoms. The van der Waals surface area contributed by atoms with Crippen LogP contribution in [0.3, 0.4) is 0 Å². The van der Waals surface area contributed by atoms with E-state index in [1.54, 1.807) is 0 Å². The second kappa shape index (κ2) is 9.06. The van der Waals surface area contributed by atoms with Crippen LogP contribution in [0, 0.1) is 0 Å². The molecule has 0 fully saturated rings. The number of carbonyl (C=O) groups is 1. The van der Waals surface area contributed by atoms with Crippen molar-refractivity contribution in [2.45, 2.75) is 65.0 Å². The van der Waals surface area contributed by atoms with Gasteiger partial charge in [0, 0.05) is 6.54 Å². The second-order valence-electron chi connectivity index (χ2n) is 6.05. The van der Waals surface area contributed by atoms with Crippen LogP contribution in [-0.2, 0) is 16.8 Å². The van der Waals surface area contributed by atoms with Gasteiger partial charge in [-0.05, 0) is 29.4 Å². The van der Waals surface area contributed by atoms with Crippen LogP contribution in [-0.4, -0.2) is 11.9 Å². The van der Waals surface area contributed by atoms with Gasteiger partial charge in [0.25, 0.3) is 0 Å². The number of hydrogen-bond acceptors (Lipinski definition) is 2. The average Bonchev–Trinajstić information content (AvgIpc) is 2.45. The predicted octanol–water partition coefficient (Wildman–Crippen LogP) is 3.54. The highest BCUT2D eigenvalue weighted by Crippen LogP contribution is 2.26. The molecule has 1 aromatic rings. The Kier molecular flexibility index (Phi) is 8.60. The fraction of sp³-hybridized carbons (Fsp3) is 0.588. The Hall–Kier alpha value is -1.06. The minimum Gasteiger partial charge on any atom is -0.351 e. The quantitative estimate of drug-likeness (QED) is 0.809. The van der Waals surface area contributed by atoms with Crippen molar-refractivity contribution in [1.29, 1.82) is 0 Å². The minimum absolute atomic E-state index is 0. The molecule has 0 saturated heterocycles. The smallest absolute Gasteiger partial charge is 0.237 e. The Labute approximate surface area is 135 Å². The molecule has 0 aliphatic heterocycles. The van der Waals surface area contributed by atoms with E-state index in [0.717, 1.165) is 24.8 Å². The maximum Gasteiger partial charge on any atom is 0.237 e. The summed E-state index contributed by atoms with van der Waals surface area (Å²) in [4.78, 5) is 11.7. The molecule has 0 saturated carbocycles. The zero-order valence-electron chi connectivity index (χ0n) is 13.6. The van der Waals surface area contributed by atoms with Gasteiger partial charge in [-0.25, -0.2) is 0 Å². The van der Waals surface area contributed by atoms with Crippen LogP contribution < -0.4 is 11.1 Å². The van der Waals surface area contributed by atoms with E-state index in [2.05, 4.69) is 50.4 Å². The van der Waals surface area contributed by atoms with Crippen LogP contribution in [0.25, 0.3) is 0 Å². The van der Waals surface area contributed by atoms with Crippen LogP contribution in [0.1, 0.15) is 58.1 Å². The molecular weight excluding hydrogens is 284 g/mol. The van der Waals surface area contributed by atoms with E-state index in [0.29, 0.717) is 6.54 Å². The Balaban J connectivity index is 0.00000400. The lowest BCUT2D eigenvalue weighted by atomic mass is 9.82. The number of rotatable bonds is 7. The monoisotopic (exact) mass is 312 g/mol. The highest BCUT2D eigenvalue weighted by molar-refractivity contribution is 5.85. The number of hydrogen-bond donors (Lipinski definition) is 2. The molecule has 1 unspecified atom stereocenters. The first kappa shape index (κ1) is 19.9. The van der Waals surface area contributed by atoms with E-state index >= 15 is 0 Å². The first-order chi connectivity index (χ1) is 9.40. The molecule has 1 atom stereocenters. The van der Waals surface area contributed by atoms with Crippen molar-refractivity contribution in [1.82, 2.24) is 5.32 Å². The summed E-state index contributed by atoms with van der Waals surface area (Å²) in [6.45, 7) is 9.26. The summed E-state index contributed by atoms with van der Waals surface area (Å²) in [7, 11) is 0. The van der Waals surface area contributed by atoms with Gasteiger partial charge in [0.1, 0.15) is 0 Å². The molecule has 120 valence electrons. The van der Waals surface area contributed by atoms with Gasteiger partial charge in [-0.2, -0.15) is 0 Å². The van der Waals surface area contributed by atoms with Gasteiger partial charge in [-0.3, -0.25) is 4.79 Å². The van der Waals surface area contributed by atoms with E-state index in [1.807, 2.05) is 6.92 Å². The highest BCUT2D eigenvalue weighted by Gasteiger charge is 2.17. The Morgan fingerprint density at radius 2 is 1.81 bits per heavy atom. The van der Waals surface area contributed by atoms with Gasteiger partial charge < -0.3 is 11.1 Å². The van der Waals surface area contributed by atoms with Crippen molar-refractivity contribution in [2.75, 3.05) is 0 Å². The molecule has 0 bridgehead atoms. The first-order valence-corrected chi connectivity index (χ1v) is 7.53. The topological polar surface area (TPSA) is 55.1 Å². The maximum absolute atomic E-state index is 11.7. The molecule has 21 heavy (non-hydrogen) atoms. The molecule has 3 N–H and O–H groups in total. The number of carbonyl (C=O) groups excluding carboxylic acids is 1. The van der Waals surface area contributed by atoms with Gasteiger partial charge in [-0.1, -0.05) is 58.4 Å². The van der Waals surface area contributed by atoms with Crippen LogP contribution in [0.2, 0.25) is 0 Å². The van der Waals surface area contributed by atoms with Gasteiger partial charge in [0.15, 0.2) is 0 Å². The van der Waals surface area contributed by atoms with Crippen LogP contribution >= 0.6 is 12.4 Å². The standard InChI is InChI=1S/C17H28N2O.ClH/c1-5-7-15(18)16(20)19-12-13-8-10-14(11-9-13)17(3,4)6-2;/h8-11,15H,5-7,12,18H2,1-4H3,(H,19,20);1H. The van der Waals surface area contributed by atoms with Gasteiger partial charge in [-0.15, -0.1) is 12.4 Å². The van der Waals surface area contributed by atoms with Crippen LogP contribution in [0.5, 0.6) is 0 Å². The Bertz CT molecular complexity index is 429. The lowest BCUT2D eigenvalue weighted by Crippen LogP contribution is -2.40. The predicted molar refractivity (Wildman–Crippen MR) is 91.7 cm³/mol. The normalized spacial score (nSPS) is 12.4. The molecule has 1 amide bonds. The number of benzene rings is 1. The third-order valence-electron chi connectivity index (χ3n) is 4.02. The molecule has 0 radical (unpaired) electrons. The number of nitrogens with two attached hydrogens (primary N) is 1. The van der Waals surface area contributed by atoms with Gasteiger partial charge in [0.05, 0.1) is 6.04 Å². The molecule has 0 aliphatic carbocycles. The van der Waals surface area contributed by atoms with E-state index in [9.17, 15) is 4.79 Å². The summed E-state index contributed by atoms with van der Waals surface area (Å²) in [5, 5.41) is 2.89. The van der Waals surface area contributed by atoms with Crippen molar-refractivity contribution >= 4 is 18.3 Å². The highest BCUT2D eigenvalue weighted by atomic mass is 35.5. The van der Waals surface area contributed by atoms with Gasteiger partial charge >= 0.3 is 0 Å². The van der Waals surface area contributed by atoms with E-state index in [-0.39, 0.29) is 23.7 Å².